The van der Waals surface area contributed by atoms with E-state index in [0.717, 1.165) is 11.1 Å². The molecular weight excluding hydrogens is 318 g/mol. The van der Waals surface area contributed by atoms with Crippen molar-refractivity contribution in [1.29, 1.82) is 0 Å². The first-order chi connectivity index (χ1) is 11.1. The van der Waals surface area contributed by atoms with E-state index in [1.807, 2.05) is 18.2 Å². The predicted octanol–water partition coefficient (Wildman–Crippen LogP) is 4.59. The zero-order valence-electron chi connectivity index (χ0n) is 12.7. The molecule has 0 spiro atoms. The largest absolute Gasteiger partial charge is 0.460 e. The van der Waals surface area contributed by atoms with Gasteiger partial charge in [-0.05, 0) is 35.7 Å². The number of nitro benzene ring substituents is 1. The van der Waals surface area contributed by atoms with Crippen molar-refractivity contribution in [3.05, 3.63) is 75.7 Å². The highest BCUT2D eigenvalue weighted by atomic mass is 35.5. The van der Waals surface area contributed by atoms with E-state index in [-0.39, 0.29) is 24.1 Å². The zero-order chi connectivity index (χ0) is 16.8. The summed E-state index contributed by atoms with van der Waals surface area (Å²) in [7, 11) is 1.46. The van der Waals surface area contributed by atoms with Crippen LogP contribution in [0.25, 0.3) is 0 Å². The lowest BCUT2D eigenvalue weighted by Gasteiger charge is -2.17. The molecule has 1 radical (unpaired) electrons. The molecule has 0 aliphatic carbocycles. The van der Waals surface area contributed by atoms with Crippen LogP contribution in [0.15, 0.2) is 42.5 Å². The molecule has 6 heteroatoms. The lowest BCUT2D eigenvalue weighted by molar-refractivity contribution is -0.386. The number of methoxy groups -OCH3 is 1. The Kier molecular flexibility index (Phi) is 5.96. The molecule has 0 heterocycles. The molecule has 0 bridgehead atoms. The minimum atomic E-state index is -0.462. The third kappa shape index (κ3) is 4.21. The quantitative estimate of drug-likeness (QED) is 0.422. The Balaban J connectivity index is 2.38. The molecule has 0 aliphatic heterocycles. The average Bonchev–Trinajstić information content (AvgIpc) is 2.55. The first-order valence-corrected chi connectivity index (χ1v) is 7.39. The molecule has 1 unspecified atom stereocenters. The van der Waals surface area contributed by atoms with Crippen molar-refractivity contribution >= 4 is 17.3 Å². The molecule has 23 heavy (non-hydrogen) atoms. The van der Waals surface area contributed by atoms with Crippen LogP contribution in [-0.4, -0.2) is 18.8 Å². The third-order valence-corrected chi connectivity index (χ3v) is 3.73. The Morgan fingerprint density at radius 3 is 2.43 bits per heavy atom. The van der Waals surface area contributed by atoms with Crippen LogP contribution in [0, 0.1) is 17.0 Å². The Morgan fingerprint density at radius 1 is 1.22 bits per heavy atom. The number of nitrogens with zero attached hydrogens (tertiary/aromatic N) is 1. The van der Waals surface area contributed by atoms with Gasteiger partial charge < -0.3 is 9.47 Å². The Hall–Kier alpha value is -2.11. The van der Waals surface area contributed by atoms with Crippen molar-refractivity contribution in [2.24, 2.45) is 0 Å². The number of hydrogen-bond acceptors (Lipinski definition) is 4. The summed E-state index contributed by atoms with van der Waals surface area (Å²) >= 11 is 5.91. The van der Waals surface area contributed by atoms with E-state index < -0.39 is 4.92 Å². The Labute approximate surface area is 139 Å². The molecule has 0 saturated carbocycles. The number of nitro groups is 1. The standard InChI is InChI=1S/C17H17ClNO4/c1-3-15(12-4-7-14(18)8-5-12)13-6-9-17(23-11-22-2)16(10-13)19(20)21/h4-10,15H,1,3,11H2,2H3. The number of benzene rings is 2. The van der Waals surface area contributed by atoms with Gasteiger partial charge in [-0.15, -0.1) is 0 Å². The Bertz CT molecular complexity index is 673. The molecule has 0 aliphatic rings. The summed E-state index contributed by atoms with van der Waals surface area (Å²) < 4.78 is 10.0. The van der Waals surface area contributed by atoms with E-state index in [1.165, 1.54) is 13.2 Å². The van der Waals surface area contributed by atoms with E-state index in [2.05, 4.69) is 6.92 Å². The second-order valence-corrected chi connectivity index (χ2v) is 5.36. The molecule has 1 atom stereocenters. The van der Waals surface area contributed by atoms with Gasteiger partial charge in [-0.1, -0.05) is 36.7 Å². The fourth-order valence-corrected chi connectivity index (χ4v) is 2.49. The average molecular weight is 335 g/mol. The number of ether oxygens (including phenoxy) is 2. The summed E-state index contributed by atoms with van der Waals surface area (Å²) in [5.41, 5.74) is 1.72. The van der Waals surface area contributed by atoms with Crippen LogP contribution in [0.1, 0.15) is 23.5 Å². The van der Waals surface area contributed by atoms with Gasteiger partial charge in [-0.2, -0.15) is 0 Å². The van der Waals surface area contributed by atoms with Gasteiger partial charge in [0, 0.05) is 24.1 Å². The van der Waals surface area contributed by atoms with Crippen LogP contribution in [0.5, 0.6) is 5.75 Å². The lowest BCUT2D eigenvalue weighted by Crippen LogP contribution is -2.05. The van der Waals surface area contributed by atoms with E-state index in [4.69, 9.17) is 21.1 Å². The highest BCUT2D eigenvalue weighted by Crippen LogP contribution is 2.35. The van der Waals surface area contributed by atoms with Crippen molar-refractivity contribution in [2.45, 2.75) is 12.3 Å². The van der Waals surface area contributed by atoms with Gasteiger partial charge in [-0.25, -0.2) is 0 Å². The molecule has 0 saturated heterocycles. The van der Waals surface area contributed by atoms with Crippen LogP contribution in [0.4, 0.5) is 5.69 Å². The van der Waals surface area contributed by atoms with Gasteiger partial charge in [0.25, 0.3) is 0 Å². The summed E-state index contributed by atoms with van der Waals surface area (Å²) in [6.07, 6.45) is 0.567. The highest BCUT2D eigenvalue weighted by Gasteiger charge is 2.20. The van der Waals surface area contributed by atoms with Crippen LogP contribution >= 0.6 is 11.6 Å². The number of halogens is 1. The third-order valence-electron chi connectivity index (χ3n) is 3.48. The van der Waals surface area contributed by atoms with E-state index in [9.17, 15) is 10.1 Å². The van der Waals surface area contributed by atoms with E-state index in [1.54, 1.807) is 18.2 Å². The zero-order valence-corrected chi connectivity index (χ0v) is 13.5. The summed E-state index contributed by atoms with van der Waals surface area (Å²) in [6.45, 7) is 3.91. The Morgan fingerprint density at radius 2 is 1.87 bits per heavy atom. The maximum absolute atomic E-state index is 11.3. The summed E-state index contributed by atoms with van der Waals surface area (Å²) in [5, 5.41) is 11.9. The van der Waals surface area contributed by atoms with Gasteiger partial charge >= 0.3 is 5.69 Å². The maximum Gasteiger partial charge on any atom is 0.311 e. The fourth-order valence-electron chi connectivity index (χ4n) is 2.36. The van der Waals surface area contributed by atoms with Gasteiger partial charge in [0.1, 0.15) is 0 Å². The van der Waals surface area contributed by atoms with Crippen molar-refractivity contribution in [3.8, 4) is 5.75 Å². The molecule has 0 N–H and O–H groups in total. The normalized spacial score (nSPS) is 12.0. The van der Waals surface area contributed by atoms with Gasteiger partial charge in [0.2, 0.25) is 0 Å². The van der Waals surface area contributed by atoms with Crippen LogP contribution in [0.3, 0.4) is 0 Å². The first-order valence-electron chi connectivity index (χ1n) is 7.01. The van der Waals surface area contributed by atoms with Gasteiger partial charge in [0.05, 0.1) is 4.92 Å². The van der Waals surface area contributed by atoms with E-state index >= 15 is 0 Å². The molecule has 0 aromatic heterocycles. The predicted molar refractivity (Wildman–Crippen MR) is 88.9 cm³/mol. The summed E-state index contributed by atoms with van der Waals surface area (Å²) in [6, 6.07) is 12.3. The molecule has 121 valence electrons. The molecule has 2 aromatic rings. The second-order valence-electron chi connectivity index (χ2n) is 4.93. The molecule has 2 aromatic carbocycles. The minimum absolute atomic E-state index is 0.0455. The van der Waals surface area contributed by atoms with Crippen molar-refractivity contribution in [3.63, 3.8) is 0 Å². The molecular formula is C17H17ClNO4. The smallest absolute Gasteiger partial charge is 0.311 e. The highest BCUT2D eigenvalue weighted by molar-refractivity contribution is 6.30. The number of hydrogen-bond donors (Lipinski definition) is 0. The van der Waals surface area contributed by atoms with Crippen LogP contribution in [-0.2, 0) is 4.74 Å². The minimum Gasteiger partial charge on any atom is -0.460 e. The molecule has 0 fully saturated rings. The molecule has 0 amide bonds. The first kappa shape index (κ1) is 17.2. The lowest BCUT2D eigenvalue weighted by atomic mass is 9.89. The van der Waals surface area contributed by atoms with Gasteiger partial charge in [0.15, 0.2) is 12.5 Å². The van der Waals surface area contributed by atoms with Crippen molar-refractivity contribution in [1.82, 2.24) is 0 Å². The van der Waals surface area contributed by atoms with Crippen LogP contribution < -0.4 is 4.74 Å². The summed E-state index contributed by atoms with van der Waals surface area (Å²) in [4.78, 5) is 10.8. The molecule has 2 rings (SSSR count). The van der Waals surface area contributed by atoms with Crippen molar-refractivity contribution < 1.29 is 14.4 Å². The monoisotopic (exact) mass is 334 g/mol. The second kappa shape index (κ2) is 7.94. The summed E-state index contributed by atoms with van der Waals surface area (Å²) in [5.74, 6) is 0.127. The fraction of sp³-hybridized carbons (Fsp3) is 0.235. The van der Waals surface area contributed by atoms with E-state index in [0.29, 0.717) is 11.4 Å². The van der Waals surface area contributed by atoms with Crippen molar-refractivity contribution in [2.75, 3.05) is 13.9 Å². The maximum atomic E-state index is 11.3. The van der Waals surface area contributed by atoms with Crippen LogP contribution in [0.2, 0.25) is 5.02 Å². The SMILES string of the molecule is [CH2]CC(c1ccc(Cl)cc1)c1ccc(OCOC)c([N+](=O)[O-])c1. The topological polar surface area (TPSA) is 61.6 Å². The van der Waals surface area contributed by atoms with Gasteiger partial charge in [-0.3, -0.25) is 10.1 Å². The number of rotatable bonds is 7. The molecule has 5 nitrogen and oxygen atoms in total.